The Kier molecular flexibility index (Phi) is 5.19. The fraction of sp³-hybridized carbons (Fsp3) is 0.316. The van der Waals surface area contributed by atoms with Gasteiger partial charge in [0, 0.05) is 11.6 Å². The van der Waals surface area contributed by atoms with Gasteiger partial charge in [0.2, 0.25) is 0 Å². The molecule has 120 valence electrons. The molecule has 0 radical (unpaired) electrons. The lowest BCUT2D eigenvalue weighted by Gasteiger charge is -2.34. The van der Waals surface area contributed by atoms with Gasteiger partial charge in [-0.05, 0) is 42.0 Å². The highest BCUT2D eigenvalue weighted by molar-refractivity contribution is 6.30. The van der Waals surface area contributed by atoms with Gasteiger partial charge in [-0.15, -0.1) is 0 Å². The standard InChI is InChI=1S/C19H21ClN2O/c20-17-11-9-14(10-12-17)13-21-19(23)22-18(16-7-4-8-16)15-5-2-1-3-6-15/h1-3,5-6,9-12,16,18H,4,7-8,13H2,(H2,21,22,23). The molecular formula is C19H21ClN2O. The molecule has 2 aromatic carbocycles. The van der Waals surface area contributed by atoms with Crippen LogP contribution in [-0.2, 0) is 6.54 Å². The Labute approximate surface area is 142 Å². The zero-order valence-corrected chi connectivity index (χ0v) is 13.7. The predicted molar refractivity (Wildman–Crippen MR) is 93.3 cm³/mol. The summed E-state index contributed by atoms with van der Waals surface area (Å²) in [7, 11) is 0. The summed E-state index contributed by atoms with van der Waals surface area (Å²) in [6.07, 6.45) is 3.61. The van der Waals surface area contributed by atoms with Crippen LogP contribution >= 0.6 is 11.6 Å². The SMILES string of the molecule is O=C(NCc1ccc(Cl)cc1)NC(c1ccccc1)C1CCC1. The van der Waals surface area contributed by atoms with E-state index in [9.17, 15) is 4.79 Å². The molecule has 1 fully saturated rings. The number of urea groups is 1. The molecule has 23 heavy (non-hydrogen) atoms. The molecule has 0 aliphatic heterocycles. The number of amides is 2. The van der Waals surface area contributed by atoms with E-state index in [1.807, 2.05) is 42.5 Å². The van der Waals surface area contributed by atoms with Crippen LogP contribution in [0.3, 0.4) is 0 Å². The van der Waals surface area contributed by atoms with Crippen LogP contribution in [0.2, 0.25) is 5.02 Å². The summed E-state index contributed by atoms with van der Waals surface area (Å²) >= 11 is 5.87. The van der Waals surface area contributed by atoms with Gasteiger partial charge in [0.25, 0.3) is 0 Å². The maximum atomic E-state index is 12.3. The van der Waals surface area contributed by atoms with Crippen LogP contribution < -0.4 is 10.6 Å². The van der Waals surface area contributed by atoms with Crippen molar-refractivity contribution in [2.45, 2.75) is 31.8 Å². The van der Waals surface area contributed by atoms with Gasteiger partial charge in [-0.2, -0.15) is 0 Å². The van der Waals surface area contributed by atoms with Crippen LogP contribution in [0.4, 0.5) is 4.79 Å². The third-order valence-electron chi connectivity index (χ3n) is 4.43. The summed E-state index contributed by atoms with van der Waals surface area (Å²) in [5.74, 6) is 0.540. The van der Waals surface area contributed by atoms with Crippen molar-refractivity contribution in [3.8, 4) is 0 Å². The number of hydrogen-bond acceptors (Lipinski definition) is 1. The normalized spacial score (nSPS) is 15.5. The smallest absolute Gasteiger partial charge is 0.315 e. The van der Waals surface area contributed by atoms with E-state index in [0.717, 1.165) is 5.56 Å². The Morgan fingerprint density at radius 3 is 2.39 bits per heavy atom. The molecule has 0 spiro atoms. The Balaban J connectivity index is 1.58. The fourth-order valence-corrected chi connectivity index (χ4v) is 3.01. The topological polar surface area (TPSA) is 41.1 Å². The predicted octanol–water partition coefficient (Wildman–Crippen LogP) is 4.68. The van der Waals surface area contributed by atoms with Crippen molar-refractivity contribution in [3.05, 3.63) is 70.7 Å². The Bertz CT molecular complexity index is 638. The molecule has 4 heteroatoms. The van der Waals surface area contributed by atoms with Crippen LogP contribution in [0.15, 0.2) is 54.6 Å². The number of benzene rings is 2. The quantitative estimate of drug-likeness (QED) is 0.822. The lowest BCUT2D eigenvalue weighted by molar-refractivity contribution is 0.207. The molecule has 3 rings (SSSR count). The summed E-state index contributed by atoms with van der Waals surface area (Å²) in [5, 5.41) is 6.77. The summed E-state index contributed by atoms with van der Waals surface area (Å²) < 4.78 is 0. The van der Waals surface area contributed by atoms with Crippen molar-refractivity contribution in [2.24, 2.45) is 5.92 Å². The Morgan fingerprint density at radius 2 is 1.78 bits per heavy atom. The minimum absolute atomic E-state index is 0.0927. The third kappa shape index (κ3) is 4.26. The molecule has 2 amide bonds. The first-order valence-corrected chi connectivity index (χ1v) is 8.44. The van der Waals surface area contributed by atoms with Crippen LogP contribution in [0.1, 0.15) is 36.4 Å². The lowest BCUT2D eigenvalue weighted by atomic mass is 9.77. The molecule has 2 aromatic rings. The first kappa shape index (κ1) is 15.9. The second-order valence-electron chi connectivity index (χ2n) is 6.03. The molecule has 1 saturated carbocycles. The van der Waals surface area contributed by atoms with E-state index in [1.165, 1.54) is 24.8 Å². The molecule has 3 nitrogen and oxygen atoms in total. The molecule has 1 aliphatic carbocycles. The Hall–Kier alpha value is -2.00. The van der Waals surface area contributed by atoms with Crippen molar-refractivity contribution in [3.63, 3.8) is 0 Å². The van der Waals surface area contributed by atoms with Gasteiger partial charge in [-0.3, -0.25) is 0 Å². The fourth-order valence-electron chi connectivity index (χ4n) is 2.88. The molecule has 1 aliphatic rings. The summed E-state index contributed by atoms with van der Waals surface area (Å²) in [6.45, 7) is 0.495. The highest BCUT2D eigenvalue weighted by Crippen LogP contribution is 2.37. The van der Waals surface area contributed by atoms with Gasteiger partial charge in [0.15, 0.2) is 0 Å². The lowest BCUT2D eigenvalue weighted by Crippen LogP contribution is -2.41. The molecule has 1 atom stereocenters. The highest BCUT2D eigenvalue weighted by Gasteiger charge is 2.29. The minimum Gasteiger partial charge on any atom is -0.334 e. The second-order valence-corrected chi connectivity index (χ2v) is 6.47. The van der Waals surface area contributed by atoms with E-state index in [2.05, 4.69) is 22.8 Å². The number of carbonyl (C=O) groups is 1. The number of carbonyl (C=O) groups excluding carboxylic acids is 1. The van der Waals surface area contributed by atoms with E-state index in [0.29, 0.717) is 17.5 Å². The molecule has 0 bridgehead atoms. The minimum atomic E-state index is -0.124. The molecule has 0 saturated heterocycles. The van der Waals surface area contributed by atoms with E-state index in [4.69, 9.17) is 11.6 Å². The van der Waals surface area contributed by atoms with Gasteiger partial charge in [-0.25, -0.2) is 4.79 Å². The molecule has 0 heterocycles. The van der Waals surface area contributed by atoms with Gasteiger partial charge >= 0.3 is 6.03 Å². The van der Waals surface area contributed by atoms with E-state index in [1.54, 1.807) is 0 Å². The Morgan fingerprint density at radius 1 is 1.09 bits per heavy atom. The monoisotopic (exact) mass is 328 g/mol. The van der Waals surface area contributed by atoms with Crippen molar-refractivity contribution in [1.82, 2.24) is 10.6 Å². The van der Waals surface area contributed by atoms with Crippen molar-refractivity contribution in [2.75, 3.05) is 0 Å². The zero-order valence-electron chi connectivity index (χ0n) is 13.0. The third-order valence-corrected chi connectivity index (χ3v) is 4.68. The summed E-state index contributed by atoms with van der Waals surface area (Å²) in [5.41, 5.74) is 2.21. The van der Waals surface area contributed by atoms with Gasteiger partial charge in [-0.1, -0.05) is 60.5 Å². The largest absolute Gasteiger partial charge is 0.334 e. The van der Waals surface area contributed by atoms with Crippen LogP contribution in [0, 0.1) is 5.92 Å². The van der Waals surface area contributed by atoms with Crippen LogP contribution in [0.5, 0.6) is 0 Å². The first-order valence-electron chi connectivity index (χ1n) is 8.06. The second kappa shape index (κ2) is 7.51. The number of nitrogens with one attached hydrogen (secondary N) is 2. The van der Waals surface area contributed by atoms with Gasteiger partial charge in [0.05, 0.1) is 6.04 Å². The van der Waals surface area contributed by atoms with E-state index < -0.39 is 0 Å². The number of hydrogen-bond donors (Lipinski definition) is 2. The highest BCUT2D eigenvalue weighted by atomic mass is 35.5. The van der Waals surface area contributed by atoms with Crippen LogP contribution in [0.25, 0.3) is 0 Å². The molecule has 0 aromatic heterocycles. The summed E-state index contributed by atoms with van der Waals surface area (Å²) in [4.78, 5) is 12.3. The maximum Gasteiger partial charge on any atom is 0.315 e. The van der Waals surface area contributed by atoms with Crippen molar-refractivity contribution >= 4 is 17.6 Å². The van der Waals surface area contributed by atoms with Gasteiger partial charge in [0.1, 0.15) is 0 Å². The summed E-state index contributed by atoms with van der Waals surface area (Å²) in [6, 6.07) is 17.7. The average Bonchev–Trinajstić information content (AvgIpc) is 2.53. The van der Waals surface area contributed by atoms with Gasteiger partial charge < -0.3 is 10.6 Å². The maximum absolute atomic E-state index is 12.3. The first-order chi connectivity index (χ1) is 11.2. The number of halogens is 1. The average molecular weight is 329 g/mol. The van der Waals surface area contributed by atoms with Crippen LogP contribution in [-0.4, -0.2) is 6.03 Å². The number of rotatable bonds is 5. The van der Waals surface area contributed by atoms with E-state index in [-0.39, 0.29) is 12.1 Å². The van der Waals surface area contributed by atoms with Crippen molar-refractivity contribution in [1.29, 1.82) is 0 Å². The molecule has 1 unspecified atom stereocenters. The van der Waals surface area contributed by atoms with E-state index >= 15 is 0 Å². The molecule has 2 N–H and O–H groups in total. The van der Waals surface area contributed by atoms with Crippen molar-refractivity contribution < 1.29 is 4.79 Å². The molecular weight excluding hydrogens is 308 g/mol. The zero-order chi connectivity index (χ0) is 16.1.